The molecule has 0 amide bonds. The van der Waals surface area contributed by atoms with Crippen molar-refractivity contribution in [3.63, 3.8) is 0 Å². The van der Waals surface area contributed by atoms with Crippen LogP contribution in [0.1, 0.15) is 16.7 Å². The highest BCUT2D eigenvalue weighted by atomic mass is 16.3. The van der Waals surface area contributed by atoms with Crippen LogP contribution in [0, 0.1) is 6.92 Å². The zero-order valence-electron chi connectivity index (χ0n) is 11.3. The molecule has 0 radical (unpaired) electrons. The van der Waals surface area contributed by atoms with Crippen LogP contribution < -0.4 is 5.32 Å². The molecule has 100 valence electrons. The summed E-state index contributed by atoms with van der Waals surface area (Å²) in [5.74, 6) is 0. The van der Waals surface area contributed by atoms with Crippen LogP contribution in [0.15, 0.2) is 54.6 Å². The van der Waals surface area contributed by atoms with Crippen molar-refractivity contribution in [2.45, 2.75) is 25.9 Å². The Kier molecular flexibility index (Phi) is 5.13. The molecule has 0 aliphatic rings. The lowest BCUT2D eigenvalue weighted by molar-refractivity contribution is 0.241. The van der Waals surface area contributed by atoms with Gasteiger partial charge in [0.05, 0.1) is 6.61 Å². The Morgan fingerprint density at radius 1 is 0.947 bits per heavy atom. The van der Waals surface area contributed by atoms with Crippen LogP contribution in [0.3, 0.4) is 0 Å². The monoisotopic (exact) mass is 255 g/mol. The van der Waals surface area contributed by atoms with Crippen LogP contribution in [0.2, 0.25) is 0 Å². The fraction of sp³-hybridized carbons (Fsp3) is 0.294. The van der Waals surface area contributed by atoms with Gasteiger partial charge in [-0.05, 0) is 24.5 Å². The Labute approximate surface area is 115 Å². The molecule has 0 bridgehead atoms. The summed E-state index contributed by atoms with van der Waals surface area (Å²) in [6.07, 6.45) is 0.850. The minimum Gasteiger partial charge on any atom is -0.395 e. The molecule has 0 aromatic heterocycles. The quantitative estimate of drug-likeness (QED) is 0.832. The first-order valence-electron chi connectivity index (χ1n) is 6.71. The van der Waals surface area contributed by atoms with E-state index in [1.165, 1.54) is 16.7 Å². The van der Waals surface area contributed by atoms with Gasteiger partial charge in [0.15, 0.2) is 0 Å². The molecule has 0 saturated carbocycles. The van der Waals surface area contributed by atoms with Gasteiger partial charge in [-0.2, -0.15) is 0 Å². The number of nitrogens with one attached hydrogen (secondary N) is 1. The van der Waals surface area contributed by atoms with E-state index in [4.69, 9.17) is 0 Å². The molecule has 2 nitrogen and oxygen atoms in total. The molecule has 0 heterocycles. The van der Waals surface area contributed by atoms with Gasteiger partial charge >= 0.3 is 0 Å². The summed E-state index contributed by atoms with van der Waals surface area (Å²) in [6, 6.07) is 18.8. The molecule has 0 aliphatic heterocycles. The first-order valence-corrected chi connectivity index (χ1v) is 6.71. The summed E-state index contributed by atoms with van der Waals surface area (Å²) in [6.45, 7) is 3.03. The highest BCUT2D eigenvalue weighted by molar-refractivity contribution is 5.21. The molecule has 2 rings (SSSR count). The summed E-state index contributed by atoms with van der Waals surface area (Å²) in [7, 11) is 0. The summed E-state index contributed by atoms with van der Waals surface area (Å²) in [5, 5.41) is 12.9. The van der Waals surface area contributed by atoms with Crippen LogP contribution in [0.25, 0.3) is 0 Å². The number of rotatable bonds is 6. The smallest absolute Gasteiger partial charge is 0.0587 e. The average Bonchev–Trinajstić information content (AvgIpc) is 2.46. The van der Waals surface area contributed by atoms with Crippen LogP contribution in [-0.4, -0.2) is 17.8 Å². The van der Waals surface area contributed by atoms with E-state index in [1.54, 1.807) is 0 Å². The lowest BCUT2D eigenvalue weighted by Crippen LogP contribution is -2.34. The molecule has 2 aromatic carbocycles. The maximum absolute atomic E-state index is 9.45. The minimum absolute atomic E-state index is 0.101. The van der Waals surface area contributed by atoms with Gasteiger partial charge in [0.25, 0.3) is 0 Å². The highest BCUT2D eigenvalue weighted by Crippen LogP contribution is 2.06. The number of aliphatic hydroxyl groups excluding tert-OH is 1. The van der Waals surface area contributed by atoms with Crippen molar-refractivity contribution in [1.29, 1.82) is 0 Å². The van der Waals surface area contributed by atoms with Gasteiger partial charge in [-0.15, -0.1) is 0 Å². The van der Waals surface area contributed by atoms with Gasteiger partial charge in [0, 0.05) is 12.6 Å². The second-order valence-corrected chi connectivity index (χ2v) is 4.94. The molecule has 2 N–H and O–H groups in total. The van der Waals surface area contributed by atoms with Crippen LogP contribution in [-0.2, 0) is 13.0 Å². The third-order valence-electron chi connectivity index (χ3n) is 3.26. The van der Waals surface area contributed by atoms with Crippen molar-refractivity contribution in [3.05, 3.63) is 71.3 Å². The third-order valence-corrected chi connectivity index (χ3v) is 3.26. The molecule has 1 atom stereocenters. The third kappa shape index (κ3) is 4.51. The van der Waals surface area contributed by atoms with Gasteiger partial charge in [-0.1, -0.05) is 60.2 Å². The van der Waals surface area contributed by atoms with E-state index in [0.717, 1.165) is 13.0 Å². The van der Waals surface area contributed by atoms with E-state index in [0.29, 0.717) is 0 Å². The van der Waals surface area contributed by atoms with Gasteiger partial charge < -0.3 is 10.4 Å². The normalized spacial score (nSPS) is 12.3. The molecule has 2 heteroatoms. The molecule has 0 unspecified atom stereocenters. The predicted molar refractivity (Wildman–Crippen MR) is 79.0 cm³/mol. The Morgan fingerprint density at radius 2 is 1.63 bits per heavy atom. The second kappa shape index (κ2) is 7.07. The Balaban J connectivity index is 1.87. The molecular weight excluding hydrogens is 234 g/mol. The molecular formula is C17H21NO. The highest BCUT2D eigenvalue weighted by Gasteiger charge is 2.07. The molecule has 0 fully saturated rings. The van der Waals surface area contributed by atoms with Crippen molar-refractivity contribution >= 4 is 0 Å². The van der Waals surface area contributed by atoms with Crippen LogP contribution >= 0.6 is 0 Å². The average molecular weight is 255 g/mol. The summed E-state index contributed by atoms with van der Waals surface area (Å²) < 4.78 is 0. The number of aryl methyl sites for hydroxylation is 1. The number of benzene rings is 2. The topological polar surface area (TPSA) is 32.3 Å². The van der Waals surface area contributed by atoms with E-state index in [9.17, 15) is 5.11 Å². The fourth-order valence-electron chi connectivity index (χ4n) is 2.07. The van der Waals surface area contributed by atoms with Crippen molar-refractivity contribution in [1.82, 2.24) is 5.32 Å². The first kappa shape index (κ1) is 13.8. The fourth-order valence-corrected chi connectivity index (χ4v) is 2.07. The summed E-state index contributed by atoms with van der Waals surface area (Å²) >= 11 is 0. The van der Waals surface area contributed by atoms with Crippen LogP contribution in [0.4, 0.5) is 0 Å². The van der Waals surface area contributed by atoms with Crippen molar-refractivity contribution in [3.8, 4) is 0 Å². The van der Waals surface area contributed by atoms with Gasteiger partial charge in [-0.25, -0.2) is 0 Å². The van der Waals surface area contributed by atoms with Gasteiger partial charge in [-0.3, -0.25) is 0 Å². The Bertz CT molecular complexity index is 478. The lowest BCUT2D eigenvalue weighted by atomic mass is 10.1. The van der Waals surface area contributed by atoms with E-state index in [2.05, 4.69) is 48.6 Å². The number of hydrogen-bond donors (Lipinski definition) is 2. The molecule has 2 aromatic rings. The Hall–Kier alpha value is -1.64. The molecule has 0 spiro atoms. The Morgan fingerprint density at radius 3 is 2.26 bits per heavy atom. The number of hydrogen-bond acceptors (Lipinski definition) is 2. The predicted octanol–water partition coefficient (Wildman–Crippen LogP) is 2.69. The lowest BCUT2D eigenvalue weighted by Gasteiger charge is -2.16. The molecule has 0 saturated heterocycles. The van der Waals surface area contributed by atoms with E-state index in [1.807, 2.05) is 18.2 Å². The zero-order chi connectivity index (χ0) is 13.5. The van der Waals surface area contributed by atoms with E-state index >= 15 is 0 Å². The van der Waals surface area contributed by atoms with Crippen molar-refractivity contribution < 1.29 is 5.11 Å². The van der Waals surface area contributed by atoms with Crippen molar-refractivity contribution in [2.75, 3.05) is 6.61 Å². The maximum atomic E-state index is 9.45. The summed E-state index contributed by atoms with van der Waals surface area (Å²) in [5.41, 5.74) is 3.77. The van der Waals surface area contributed by atoms with E-state index in [-0.39, 0.29) is 12.6 Å². The minimum atomic E-state index is 0.101. The van der Waals surface area contributed by atoms with E-state index < -0.39 is 0 Å². The van der Waals surface area contributed by atoms with Gasteiger partial charge in [0.1, 0.15) is 0 Å². The summed E-state index contributed by atoms with van der Waals surface area (Å²) in [4.78, 5) is 0. The zero-order valence-corrected chi connectivity index (χ0v) is 11.3. The van der Waals surface area contributed by atoms with Gasteiger partial charge in [0.2, 0.25) is 0 Å². The SMILES string of the molecule is Cc1ccc(CN[C@H](CO)Cc2ccccc2)cc1. The largest absolute Gasteiger partial charge is 0.395 e. The molecule has 0 aliphatic carbocycles. The van der Waals surface area contributed by atoms with Crippen molar-refractivity contribution in [2.24, 2.45) is 0 Å². The second-order valence-electron chi connectivity index (χ2n) is 4.94. The van der Waals surface area contributed by atoms with Crippen LogP contribution in [0.5, 0.6) is 0 Å². The first-order chi connectivity index (χ1) is 9.28. The standard InChI is InChI=1S/C17H21NO/c1-14-7-9-16(10-8-14)12-18-17(13-19)11-15-5-3-2-4-6-15/h2-10,17-19H,11-13H2,1H3/t17-/m0/s1. The molecule has 19 heavy (non-hydrogen) atoms. The number of aliphatic hydroxyl groups is 1. The maximum Gasteiger partial charge on any atom is 0.0587 e.